The van der Waals surface area contributed by atoms with Gasteiger partial charge in [0.1, 0.15) is 5.69 Å². The van der Waals surface area contributed by atoms with Crippen LogP contribution < -0.4 is 0 Å². The summed E-state index contributed by atoms with van der Waals surface area (Å²) in [5.41, 5.74) is 5.46. The second-order valence-corrected chi connectivity index (χ2v) is 8.97. The van der Waals surface area contributed by atoms with E-state index < -0.39 is 0 Å². The van der Waals surface area contributed by atoms with Crippen LogP contribution in [-0.2, 0) is 18.9 Å². The summed E-state index contributed by atoms with van der Waals surface area (Å²) in [6, 6.07) is 4.03. The van der Waals surface area contributed by atoms with Crippen molar-refractivity contribution < 1.29 is 4.79 Å². The molecule has 1 atom stereocenters. The maximum absolute atomic E-state index is 13.5. The first-order valence-corrected chi connectivity index (χ1v) is 10.4. The highest BCUT2D eigenvalue weighted by Crippen LogP contribution is 2.34. The Morgan fingerprint density at radius 3 is 2.69 bits per heavy atom. The molecule has 154 valence electrons. The topological polar surface area (TPSA) is 68.3 Å². The van der Waals surface area contributed by atoms with E-state index in [1.54, 1.807) is 4.68 Å². The van der Waals surface area contributed by atoms with E-state index in [-0.39, 0.29) is 17.4 Å². The number of aromatic nitrogens is 5. The third-order valence-corrected chi connectivity index (χ3v) is 5.93. The molecule has 1 amide bonds. The van der Waals surface area contributed by atoms with Gasteiger partial charge in [0.05, 0.1) is 23.1 Å². The quantitative estimate of drug-likeness (QED) is 0.681. The van der Waals surface area contributed by atoms with Crippen molar-refractivity contribution in [3.8, 4) is 0 Å². The van der Waals surface area contributed by atoms with Crippen LogP contribution in [0.1, 0.15) is 79.7 Å². The highest BCUT2D eigenvalue weighted by Gasteiger charge is 2.35. The molecule has 1 unspecified atom stereocenters. The minimum atomic E-state index is -0.0570. The molecule has 1 fully saturated rings. The van der Waals surface area contributed by atoms with E-state index in [0.717, 1.165) is 54.1 Å². The summed E-state index contributed by atoms with van der Waals surface area (Å²) < 4.78 is 3.66. The van der Waals surface area contributed by atoms with Gasteiger partial charge in [-0.2, -0.15) is 10.2 Å². The van der Waals surface area contributed by atoms with Crippen molar-refractivity contribution in [2.75, 3.05) is 6.54 Å². The summed E-state index contributed by atoms with van der Waals surface area (Å²) in [7, 11) is 1.86. The molecule has 7 nitrogen and oxygen atoms in total. The Morgan fingerprint density at radius 2 is 2.03 bits per heavy atom. The van der Waals surface area contributed by atoms with Gasteiger partial charge in [-0.3, -0.25) is 9.48 Å². The van der Waals surface area contributed by atoms with Gasteiger partial charge >= 0.3 is 0 Å². The zero-order chi connectivity index (χ0) is 20.9. The number of amides is 1. The molecule has 4 rings (SSSR count). The fourth-order valence-electron chi connectivity index (χ4n) is 4.31. The van der Waals surface area contributed by atoms with E-state index in [9.17, 15) is 4.79 Å². The minimum absolute atomic E-state index is 0.0138. The molecule has 0 saturated carbocycles. The highest BCUT2D eigenvalue weighted by molar-refractivity contribution is 5.94. The number of hydrogen-bond donors (Lipinski definition) is 0. The standard InChI is InChI=1S/C22H30N6O/c1-7-15-14(2)20(26(6)24-15)21(29)27-12-8-9-16(27)17-10-11-23-19-13-18(22(3,4)5)25-28(17)19/h10-11,13,16H,7-9,12H2,1-6H3. The number of likely N-dealkylation sites (tertiary alicyclic amines) is 1. The van der Waals surface area contributed by atoms with Crippen LogP contribution >= 0.6 is 0 Å². The van der Waals surface area contributed by atoms with E-state index in [1.807, 2.05) is 41.7 Å². The molecule has 7 heteroatoms. The largest absolute Gasteiger partial charge is 0.329 e. The lowest BCUT2D eigenvalue weighted by molar-refractivity contribution is 0.0719. The van der Waals surface area contributed by atoms with Crippen LogP contribution in [0.5, 0.6) is 0 Å². The van der Waals surface area contributed by atoms with Crippen molar-refractivity contribution in [1.29, 1.82) is 0 Å². The summed E-state index contributed by atoms with van der Waals surface area (Å²) in [5.74, 6) is 0.0489. The summed E-state index contributed by atoms with van der Waals surface area (Å²) in [4.78, 5) is 20.0. The molecule has 0 aromatic carbocycles. The maximum Gasteiger partial charge on any atom is 0.272 e. The molecule has 0 spiro atoms. The van der Waals surface area contributed by atoms with Crippen molar-refractivity contribution in [2.24, 2.45) is 7.05 Å². The van der Waals surface area contributed by atoms with Crippen molar-refractivity contribution >= 4 is 11.6 Å². The van der Waals surface area contributed by atoms with Crippen molar-refractivity contribution in [3.63, 3.8) is 0 Å². The van der Waals surface area contributed by atoms with Crippen LogP contribution in [-0.4, -0.2) is 41.7 Å². The zero-order valence-corrected chi connectivity index (χ0v) is 18.2. The molecule has 0 radical (unpaired) electrons. The third-order valence-electron chi connectivity index (χ3n) is 5.93. The van der Waals surface area contributed by atoms with Crippen LogP contribution in [0.4, 0.5) is 0 Å². The van der Waals surface area contributed by atoms with E-state index in [2.05, 4.69) is 37.8 Å². The fourth-order valence-corrected chi connectivity index (χ4v) is 4.31. The van der Waals surface area contributed by atoms with Crippen LogP contribution in [0.3, 0.4) is 0 Å². The van der Waals surface area contributed by atoms with Gasteiger partial charge in [-0.05, 0) is 32.3 Å². The van der Waals surface area contributed by atoms with Crippen molar-refractivity contribution in [2.45, 2.75) is 65.3 Å². The van der Waals surface area contributed by atoms with Gasteiger partial charge in [-0.15, -0.1) is 0 Å². The molecule has 0 aliphatic carbocycles. The molecule has 3 aromatic rings. The molecular formula is C22H30N6O. The average Bonchev–Trinajstić information content (AvgIpc) is 3.37. The number of hydrogen-bond acceptors (Lipinski definition) is 4. The summed E-state index contributed by atoms with van der Waals surface area (Å²) in [5, 5.41) is 9.39. The first-order chi connectivity index (χ1) is 13.7. The Morgan fingerprint density at radius 1 is 1.28 bits per heavy atom. The first-order valence-electron chi connectivity index (χ1n) is 10.4. The van der Waals surface area contributed by atoms with Crippen molar-refractivity contribution in [3.05, 3.63) is 46.7 Å². The molecule has 0 bridgehead atoms. The average molecular weight is 395 g/mol. The van der Waals surface area contributed by atoms with E-state index in [4.69, 9.17) is 5.10 Å². The predicted molar refractivity (Wildman–Crippen MR) is 112 cm³/mol. The molecule has 1 aliphatic heterocycles. The Kier molecular flexibility index (Phi) is 4.71. The van der Waals surface area contributed by atoms with E-state index >= 15 is 0 Å². The lowest BCUT2D eigenvalue weighted by atomic mass is 9.93. The summed E-state index contributed by atoms with van der Waals surface area (Å²) in [6.07, 6.45) is 4.55. The minimum Gasteiger partial charge on any atom is -0.329 e. The van der Waals surface area contributed by atoms with Crippen molar-refractivity contribution in [1.82, 2.24) is 29.3 Å². The van der Waals surface area contributed by atoms with E-state index in [1.165, 1.54) is 0 Å². The molecular weight excluding hydrogens is 364 g/mol. The predicted octanol–water partition coefficient (Wildman–Crippen LogP) is 3.61. The number of aryl methyl sites for hydroxylation is 2. The van der Waals surface area contributed by atoms with Crippen LogP contribution in [0, 0.1) is 6.92 Å². The van der Waals surface area contributed by atoms with Crippen LogP contribution in [0.25, 0.3) is 5.65 Å². The number of nitrogens with zero attached hydrogens (tertiary/aromatic N) is 6. The number of carbonyl (C=O) groups excluding carboxylic acids is 1. The fraction of sp³-hybridized carbons (Fsp3) is 0.545. The summed E-state index contributed by atoms with van der Waals surface area (Å²) >= 11 is 0. The maximum atomic E-state index is 13.5. The molecule has 4 heterocycles. The van der Waals surface area contributed by atoms with Crippen LogP contribution in [0.2, 0.25) is 0 Å². The van der Waals surface area contributed by atoms with Gasteiger partial charge in [0.2, 0.25) is 0 Å². The Balaban J connectivity index is 1.75. The van der Waals surface area contributed by atoms with Gasteiger partial charge in [0.25, 0.3) is 5.91 Å². The second-order valence-electron chi connectivity index (χ2n) is 8.97. The van der Waals surface area contributed by atoms with Gasteiger partial charge < -0.3 is 4.90 Å². The smallest absolute Gasteiger partial charge is 0.272 e. The SMILES string of the molecule is CCc1nn(C)c(C(=O)N2CCCC2c2ccnc3cc(C(C)(C)C)nn23)c1C. The second kappa shape index (κ2) is 6.97. The van der Waals surface area contributed by atoms with E-state index in [0.29, 0.717) is 5.69 Å². The lowest BCUT2D eigenvalue weighted by Gasteiger charge is -2.25. The number of fused-ring (bicyclic) bond motifs is 1. The number of carbonyl (C=O) groups is 1. The lowest BCUT2D eigenvalue weighted by Crippen LogP contribution is -2.33. The summed E-state index contributed by atoms with van der Waals surface area (Å²) in [6.45, 7) is 11.3. The van der Waals surface area contributed by atoms with Gasteiger partial charge in [0.15, 0.2) is 5.65 Å². The third kappa shape index (κ3) is 3.22. The van der Waals surface area contributed by atoms with Crippen LogP contribution in [0.15, 0.2) is 18.3 Å². The number of rotatable bonds is 3. The van der Waals surface area contributed by atoms with Gasteiger partial charge in [0, 0.05) is 36.8 Å². The highest BCUT2D eigenvalue weighted by atomic mass is 16.2. The Hall–Kier alpha value is -2.70. The van der Waals surface area contributed by atoms with Gasteiger partial charge in [-0.1, -0.05) is 27.7 Å². The molecule has 3 aromatic heterocycles. The first kappa shape index (κ1) is 19.6. The van der Waals surface area contributed by atoms with Gasteiger partial charge in [-0.25, -0.2) is 9.50 Å². The molecule has 0 N–H and O–H groups in total. The Bertz CT molecular complexity index is 1070. The molecule has 1 aliphatic rings. The zero-order valence-electron chi connectivity index (χ0n) is 18.2. The molecule has 29 heavy (non-hydrogen) atoms. The molecule has 1 saturated heterocycles. The normalized spacial score (nSPS) is 17.4. The Labute approximate surface area is 171 Å². The monoisotopic (exact) mass is 394 g/mol.